The van der Waals surface area contributed by atoms with Gasteiger partial charge in [0, 0.05) is 29.5 Å². The van der Waals surface area contributed by atoms with Gasteiger partial charge in [0.2, 0.25) is 15.9 Å². The lowest BCUT2D eigenvalue weighted by Crippen LogP contribution is -2.76. The molecule has 1 aromatic carbocycles. The van der Waals surface area contributed by atoms with Crippen LogP contribution in [0.1, 0.15) is 40.5 Å². The molecule has 5 rings (SSSR count). The van der Waals surface area contributed by atoms with Gasteiger partial charge in [0.25, 0.3) is 0 Å². The smallest absolute Gasteiger partial charge is 0.241 e. The van der Waals surface area contributed by atoms with Crippen LogP contribution >= 0.6 is 0 Å². The zero-order chi connectivity index (χ0) is 24.7. The van der Waals surface area contributed by atoms with E-state index in [2.05, 4.69) is 24.6 Å². The first-order valence-electron chi connectivity index (χ1n) is 11.4. The van der Waals surface area contributed by atoms with Gasteiger partial charge >= 0.3 is 0 Å². The number of benzene rings is 1. The van der Waals surface area contributed by atoms with Gasteiger partial charge in [-0.25, -0.2) is 23.1 Å². The van der Waals surface area contributed by atoms with Crippen LogP contribution in [-0.2, 0) is 14.8 Å². The second-order valence-corrected chi connectivity index (χ2v) is 12.2. The molecule has 34 heavy (non-hydrogen) atoms. The van der Waals surface area contributed by atoms with Crippen LogP contribution in [0.4, 0.5) is 5.82 Å². The maximum Gasteiger partial charge on any atom is 0.241 e. The van der Waals surface area contributed by atoms with Crippen LogP contribution in [0.3, 0.4) is 0 Å². The van der Waals surface area contributed by atoms with E-state index in [0.29, 0.717) is 30.1 Å². The van der Waals surface area contributed by atoms with Gasteiger partial charge in [-0.05, 0) is 59.7 Å². The number of sulfonamides is 1. The number of rotatable bonds is 5. The topological polar surface area (TPSA) is 137 Å². The lowest BCUT2D eigenvalue weighted by Gasteiger charge is -2.57. The average molecular weight is 486 g/mol. The van der Waals surface area contributed by atoms with Crippen LogP contribution in [-0.4, -0.2) is 70.9 Å². The number of primary amides is 1. The first-order chi connectivity index (χ1) is 15.8. The van der Waals surface area contributed by atoms with Gasteiger partial charge in [-0.2, -0.15) is 0 Å². The van der Waals surface area contributed by atoms with Crippen molar-refractivity contribution in [2.75, 3.05) is 25.0 Å². The van der Waals surface area contributed by atoms with Crippen LogP contribution in [0.15, 0.2) is 29.4 Å². The van der Waals surface area contributed by atoms with Crippen molar-refractivity contribution in [3.05, 3.63) is 24.5 Å². The number of amides is 1. The van der Waals surface area contributed by atoms with Crippen LogP contribution in [0, 0.1) is 0 Å². The minimum absolute atomic E-state index is 0.204. The number of piperazine rings is 1. The molecule has 11 heteroatoms. The number of likely N-dealkylation sites (N-methyl/N-ethyl adjacent to an activating group) is 1. The van der Waals surface area contributed by atoms with Gasteiger partial charge in [-0.1, -0.05) is 6.07 Å². The molecule has 10 nitrogen and oxygen atoms in total. The maximum absolute atomic E-state index is 12.9. The Labute approximate surface area is 199 Å². The Kier molecular flexibility index (Phi) is 4.82. The number of aromatic amines is 1. The summed E-state index contributed by atoms with van der Waals surface area (Å²) in [4.78, 5) is 29.2. The average Bonchev–Trinajstić information content (AvgIpc) is 3.34. The molecule has 182 valence electrons. The summed E-state index contributed by atoms with van der Waals surface area (Å²) in [6.45, 7) is 9.02. The van der Waals surface area contributed by atoms with E-state index in [-0.39, 0.29) is 10.4 Å². The highest BCUT2D eigenvalue weighted by molar-refractivity contribution is 7.89. The molecular formula is C23H31N7O3S. The van der Waals surface area contributed by atoms with E-state index >= 15 is 0 Å². The van der Waals surface area contributed by atoms with Crippen molar-refractivity contribution in [3.63, 3.8) is 0 Å². The predicted molar refractivity (Wildman–Crippen MR) is 131 cm³/mol. The molecule has 1 aliphatic carbocycles. The van der Waals surface area contributed by atoms with Crippen LogP contribution in [0.2, 0.25) is 0 Å². The number of hydrogen-bond acceptors (Lipinski definition) is 7. The van der Waals surface area contributed by atoms with Crippen molar-refractivity contribution in [1.82, 2.24) is 24.6 Å². The highest BCUT2D eigenvalue weighted by Crippen LogP contribution is 2.42. The molecule has 1 saturated carbocycles. The van der Waals surface area contributed by atoms with Crippen molar-refractivity contribution >= 4 is 43.7 Å². The number of hydrogen-bond donors (Lipinski definition) is 3. The Morgan fingerprint density at radius 1 is 1.15 bits per heavy atom. The molecule has 1 saturated heterocycles. The van der Waals surface area contributed by atoms with Crippen LogP contribution in [0.25, 0.3) is 21.9 Å². The normalized spacial score (nSPS) is 24.6. The number of anilines is 1. The van der Waals surface area contributed by atoms with Crippen LogP contribution < -0.4 is 15.4 Å². The minimum atomic E-state index is -3.64. The summed E-state index contributed by atoms with van der Waals surface area (Å²) in [5.74, 6) is 0.279. The Morgan fingerprint density at radius 2 is 1.85 bits per heavy atom. The number of nitrogens with one attached hydrogen (secondary N) is 2. The summed E-state index contributed by atoms with van der Waals surface area (Å²) in [5.41, 5.74) is 5.19. The number of nitrogens with two attached hydrogens (primary N) is 1. The number of carbonyl (C=O) groups is 1. The molecule has 2 aliphatic rings. The molecule has 1 amide bonds. The minimum Gasteiger partial charge on any atom is -0.368 e. The zero-order valence-corrected chi connectivity index (χ0v) is 21.0. The Bertz CT molecular complexity index is 1430. The summed E-state index contributed by atoms with van der Waals surface area (Å²) >= 11 is 0. The fourth-order valence-electron chi connectivity index (χ4n) is 5.08. The first-order valence-corrected chi connectivity index (χ1v) is 12.9. The molecule has 1 atom stereocenters. The monoisotopic (exact) mass is 485 g/mol. The second kappa shape index (κ2) is 7.12. The molecule has 0 radical (unpaired) electrons. The molecule has 2 fully saturated rings. The van der Waals surface area contributed by atoms with Crippen molar-refractivity contribution in [2.24, 2.45) is 5.73 Å². The molecular weight excluding hydrogens is 454 g/mol. The maximum atomic E-state index is 12.9. The first kappa shape index (κ1) is 23.0. The van der Waals surface area contributed by atoms with E-state index in [1.54, 1.807) is 18.2 Å². The number of fused-ring (bicyclic) bond motifs is 3. The summed E-state index contributed by atoms with van der Waals surface area (Å²) < 4.78 is 28.6. The van der Waals surface area contributed by atoms with Crippen LogP contribution in [0.5, 0.6) is 0 Å². The molecule has 0 bridgehead atoms. The summed E-state index contributed by atoms with van der Waals surface area (Å²) in [6.07, 6.45) is 3.16. The molecule has 0 spiro atoms. The van der Waals surface area contributed by atoms with Gasteiger partial charge in [-0.15, -0.1) is 0 Å². The number of H-pyrrole nitrogens is 1. The van der Waals surface area contributed by atoms with E-state index in [1.165, 1.54) is 6.33 Å². The highest BCUT2D eigenvalue weighted by Gasteiger charge is 2.55. The summed E-state index contributed by atoms with van der Waals surface area (Å²) in [5, 5.41) is 1.60. The Hall–Kier alpha value is -2.76. The van der Waals surface area contributed by atoms with E-state index < -0.39 is 27.0 Å². The van der Waals surface area contributed by atoms with Gasteiger partial charge in [-0.3, -0.25) is 9.69 Å². The molecule has 4 N–H and O–H groups in total. The fourth-order valence-corrected chi connectivity index (χ4v) is 6.57. The third-order valence-electron chi connectivity index (χ3n) is 8.06. The highest BCUT2D eigenvalue weighted by atomic mass is 32.2. The number of aromatic nitrogens is 3. The van der Waals surface area contributed by atoms with E-state index in [4.69, 9.17) is 5.73 Å². The van der Waals surface area contributed by atoms with E-state index in [0.717, 1.165) is 23.6 Å². The van der Waals surface area contributed by atoms with Gasteiger partial charge in [0.05, 0.1) is 15.8 Å². The van der Waals surface area contributed by atoms with E-state index in [1.807, 2.05) is 39.6 Å². The van der Waals surface area contributed by atoms with Crippen molar-refractivity contribution in [2.45, 2.75) is 62.0 Å². The molecule has 3 aromatic rings. The third-order valence-corrected chi connectivity index (χ3v) is 9.69. The fraction of sp³-hybridized carbons (Fsp3) is 0.522. The van der Waals surface area contributed by atoms with E-state index in [9.17, 15) is 13.2 Å². The molecule has 2 aromatic heterocycles. The predicted octanol–water partition coefficient (Wildman–Crippen LogP) is 1.72. The Morgan fingerprint density at radius 3 is 2.50 bits per heavy atom. The van der Waals surface area contributed by atoms with Crippen molar-refractivity contribution < 1.29 is 13.2 Å². The summed E-state index contributed by atoms with van der Waals surface area (Å²) in [6, 6.07) is 5.04. The quantitative estimate of drug-likeness (QED) is 0.500. The molecule has 1 unspecified atom stereocenters. The van der Waals surface area contributed by atoms with Gasteiger partial charge in [0.15, 0.2) is 0 Å². The SMILES string of the molecule is CN1CCN(c2ncnc3[nH]c4cc(S(=O)(=O)NC5(C)CC5)ccc4c23)C(C)(C)C1(C)C(N)=O. The van der Waals surface area contributed by atoms with Gasteiger partial charge < -0.3 is 15.6 Å². The molecule has 3 heterocycles. The summed E-state index contributed by atoms with van der Waals surface area (Å²) in [7, 11) is -1.73. The standard InChI is InChI=1S/C23H31N7O3S/c1-21(2)23(4,20(24)31)29(5)10-11-30(21)19-17-15-7-6-14(34(32,33)28-22(3)8-9-22)12-16(15)27-18(17)25-13-26-19/h6-7,12-13,28H,8-11H2,1-5H3,(H2,24,31)(H,25,26,27). The zero-order valence-electron chi connectivity index (χ0n) is 20.1. The van der Waals surface area contributed by atoms with Gasteiger partial charge in [0.1, 0.15) is 23.3 Å². The number of nitrogens with zero attached hydrogens (tertiary/aromatic N) is 4. The third kappa shape index (κ3) is 3.21. The van der Waals surface area contributed by atoms with Crippen molar-refractivity contribution in [1.29, 1.82) is 0 Å². The lowest BCUT2D eigenvalue weighted by atomic mass is 9.75. The molecule has 1 aliphatic heterocycles. The van der Waals surface area contributed by atoms with Crippen molar-refractivity contribution in [3.8, 4) is 0 Å². The second-order valence-electron chi connectivity index (χ2n) is 10.5. The Balaban J connectivity index is 1.64. The number of carbonyl (C=O) groups excluding carboxylic acids is 1. The lowest BCUT2D eigenvalue weighted by molar-refractivity contribution is -0.134. The largest absolute Gasteiger partial charge is 0.368 e.